The van der Waals surface area contributed by atoms with Crippen molar-refractivity contribution in [3.63, 3.8) is 0 Å². The van der Waals surface area contributed by atoms with Gasteiger partial charge in [-0.1, -0.05) is 50.3 Å². The van der Waals surface area contributed by atoms with Gasteiger partial charge in [-0.05, 0) is 56.8 Å². The molecule has 2 rings (SSSR count). The maximum absolute atomic E-state index is 3.54. The third-order valence-electron chi connectivity index (χ3n) is 4.01. The molecule has 1 unspecified atom stereocenters. The fraction of sp³-hybridized carbons (Fsp3) is 0.579. The molecule has 0 aliphatic carbocycles. The van der Waals surface area contributed by atoms with E-state index in [2.05, 4.69) is 54.9 Å². The number of nitrogens with zero attached hydrogens (tertiary/aromatic N) is 1. The van der Waals surface area contributed by atoms with E-state index in [9.17, 15) is 0 Å². The summed E-state index contributed by atoms with van der Waals surface area (Å²) < 4.78 is 0. The van der Waals surface area contributed by atoms with Crippen molar-refractivity contribution in [1.29, 1.82) is 0 Å². The first-order valence-electron chi connectivity index (χ1n) is 8.06. The Hall–Kier alpha value is -1.26. The highest BCUT2D eigenvalue weighted by molar-refractivity contribution is 5.34. The lowest BCUT2D eigenvalue weighted by molar-refractivity contribution is 0.184. The molecule has 0 bridgehead atoms. The minimum Gasteiger partial charge on any atom is -0.290 e. The average Bonchev–Trinajstić information content (AvgIpc) is 2.49. The van der Waals surface area contributed by atoms with Crippen LogP contribution in [0.15, 0.2) is 30.3 Å². The van der Waals surface area contributed by atoms with Gasteiger partial charge < -0.3 is 0 Å². The van der Waals surface area contributed by atoms with Gasteiger partial charge in [0.15, 0.2) is 0 Å². The topological polar surface area (TPSA) is 3.24 Å². The van der Waals surface area contributed by atoms with Crippen LogP contribution < -0.4 is 0 Å². The van der Waals surface area contributed by atoms with Crippen LogP contribution in [0.2, 0.25) is 0 Å². The maximum atomic E-state index is 3.54. The van der Waals surface area contributed by atoms with Crippen molar-refractivity contribution >= 4 is 0 Å². The van der Waals surface area contributed by atoms with Gasteiger partial charge in [-0.3, -0.25) is 4.90 Å². The predicted molar refractivity (Wildman–Crippen MR) is 86.6 cm³/mol. The van der Waals surface area contributed by atoms with Crippen LogP contribution in [0.25, 0.3) is 0 Å². The molecule has 1 aliphatic rings. The molecule has 1 heteroatoms. The van der Waals surface area contributed by atoms with E-state index in [1.54, 1.807) is 0 Å². The van der Waals surface area contributed by atoms with Crippen LogP contribution in [0.3, 0.4) is 0 Å². The van der Waals surface area contributed by atoms with Crippen LogP contribution in [0.1, 0.15) is 51.5 Å². The molecule has 1 aromatic carbocycles. The highest BCUT2D eigenvalue weighted by atomic mass is 15.2. The summed E-state index contributed by atoms with van der Waals surface area (Å²) >= 11 is 0. The lowest BCUT2D eigenvalue weighted by Crippen LogP contribution is -2.38. The summed E-state index contributed by atoms with van der Waals surface area (Å²) in [7, 11) is 0. The molecule has 0 saturated carbocycles. The van der Waals surface area contributed by atoms with Crippen molar-refractivity contribution in [2.45, 2.75) is 52.0 Å². The van der Waals surface area contributed by atoms with E-state index < -0.39 is 0 Å². The summed E-state index contributed by atoms with van der Waals surface area (Å²) in [6.45, 7) is 7.06. The molecule has 1 fully saturated rings. The fourth-order valence-electron chi connectivity index (χ4n) is 2.76. The molecule has 1 heterocycles. The Labute approximate surface area is 124 Å². The van der Waals surface area contributed by atoms with Crippen molar-refractivity contribution in [2.24, 2.45) is 5.92 Å². The molecule has 1 aliphatic heterocycles. The molecule has 1 nitrogen and oxygen atoms in total. The Kier molecular flexibility index (Phi) is 6.15. The zero-order valence-corrected chi connectivity index (χ0v) is 12.9. The predicted octanol–water partition coefficient (Wildman–Crippen LogP) is 4.33. The lowest BCUT2D eigenvalue weighted by atomic mass is 10.00. The van der Waals surface area contributed by atoms with E-state index in [0.717, 1.165) is 11.5 Å². The average molecular weight is 269 g/mol. The van der Waals surface area contributed by atoms with E-state index in [0.29, 0.717) is 6.04 Å². The molecule has 1 saturated heterocycles. The zero-order valence-electron chi connectivity index (χ0n) is 12.9. The highest BCUT2D eigenvalue weighted by Gasteiger charge is 2.18. The number of hydrogen-bond donors (Lipinski definition) is 0. The highest BCUT2D eigenvalue weighted by Crippen LogP contribution is 2.17. The molecular formula is C19H27N. The van der Waals surface area contributed by atoms with Crippen molar-refractivity contribution < 1.29 is 0 Å². The number of rotatable bonds is 4. The monoisotopic (exact) mass is 269 g/mol. The van der Waals surface area contributed by atoms with Gasteiger partial charge in [-0.15, -0.1) is 0 Å². The first-order valence-corrected chi connectivity index (χ1v) is 8.06. The van der Waals surface area contributed by atoms with Gasteiger partial charge in [0.1, 0.15) is 0 Å². The van der Waals surface area contributed by atoms with E-state index >= 15 is 0 Å². The maximum Gasteiger partial charge on any atom is 0.0718 e. The largest absolute Gasteiger partial charge is 0.290 e. The first kappa shape index (κ1) is 15.1. The van der Waals surface area contributed by atoms with Crippen molar-refractivity contribution in [3.8, 4) is 11.8 Å². The van der Waals surface area contributed by atoms with Gasteiger partial charge in [0.25, 0.3) is 0 Å². The third-order valence-corrected chi connectivity index (χ3v) is 4.01. The molecule has 20 heavy (non-hydrogen) atoms. The third kappa shape index (κ3) is 5.02. The molecule has 0 amide bonds. The Morgan fingerprint density at radius 3 is 2.35 bits per heavy atom. The second-order valence-electron chi connectivity index (χ2n) is 6.22. The number of piperidine rings is 1. The second-order valence-corrected chi connectivity index (χ2v) is 6.22. The van der Waals surface area contributed by atoms with E-state index in [4.69, 9.17) is 0 Å². The van der Waals surface area contributed by atoms with Gasteiger partial charge in [0.2, 0.25) is 0 Å². The smallest absolute Gasteiger partial charge is 0.0718 e. The van der Waals surface area contributed by atoms with Crippen molar-refractivity contribution in [1.82, 2.24) is 4.90 Å². The zero-order chi connectivity index (χ0) is 14.2. The van der Waals surface area contributed by atoms with Crippen LogP contribution >= 0.6 is 0 Å². The number of hydrogen-bond acceptors (Lipinski definition) is 1. The number of likely N-dealkylation sites (tertiary alicyclic amines) is 1. The van der Waals surface area contributed by atoms with Crippen LogP contribution in [0.4, 0.5) is 0 Å². The Morgan fingerprint density at radius 1 is 1.00 bits per heavy atom. The summed E-state index contributed by atoms with van der Waals surface area (Å²) in [4.78, 5) is 2.60. The van der Waals surface area contributed by atoms with E-state index in [1.165, 1.54) is 45.2 Å². The van der Waals surface area contributed by atoms with Crippen molar-refractivity contribution in [2.75, 3.05) is 13.1 Å². The Balaban J connectivity index is 2.03. The molecule has 1 atom stereocenters. The van der Waals surface area contributed by atoms with Gasteiger partial charge in [0.05, 0.1) is 6.04 Å². The summed E-state index contributed by atoms with van der Waals surface area (Å²) in [5, 5.41) is 0. The molecule has 1 aromatic rings. The Morgan fingerprint density at radius 2 is 1.70 bits per heavy atom. The first-order chi connectivity index (χ1) is 9.75. The molecule has 0 aromatic heterocycles. The molecule has 108 valence electrons. The van der Waals surface area contributed by atoms with Crippen LogP contribution in [-0.4, -0.2) is 24.0 Å². The minimum absolute atomic E-state index is 0.443. The van der Waals surface area contributed by atoms with Crippen LogP contribution in [-0.2, 0) is 0 Å². The van der Waals surface area contributed by atoms with Crippen LogP contribution in [0.5, 0.6) is 0 Å². The van der Waals surface area contributed by atoms with Gasteiger partial charge in [-0.25, -0.2) is 0 Å². The van der Waals surface area contributed by atoms with Gasteiger partial charge in [-0.2, -0.15) is 0 Å². The van der Waals surface area contributed by atoms with E-state index in [1.807, 2.05) is 6.07 Å². The standard InChI is InChI=1S/C19H27N/c1-17(2)11-13-19(20-15-7-4-8-16-20)14-12-18-9-5-3-6-10-18/h3,5-6,9-10,17,19H,4,7-8,11,13,15-16H2,1-2H3. The summed E-state index contributed by atoms with van der Waals surface area (Å²) in [5.41, 5.74) is 1.14. The molecule has 0 radical (unpaired) electrons. The normalized spacial score (nSPS) is 17.6. The van der Waals surface area contributed by atoms with Gasteiger partial charge in [0, 0.05) is 5.56 Å². The van der Waals surface area contributed by atoms with E-state index in [-0.39, 0.29) is 0 Å². The lowest BCUT2D eigenvalue weighted by Gasteiger charge is -2.32. The second kappa shape index (κ2) is 8.12. The molecule has 0 N–H and O–H groups in total. The summed E-state index contributed by atoms with van der Waals surface area (Å²) in [6, 6.07) is 10.8. The SMILES string of the molecule is CC(C)CCC(C#Cc1ccccc1)N1CCCCC1. The summed E-state index contributed by atoms with van der Waals surface area (Å²) in [6.07, 6.45) is 6.54. The van der Waals surface area contributed by atoms with Crippen LogP contribution in [0, 0.1) is 17.8 Å². The van der Waals surface area contributed by atoms with Crippen molar-refractivity contribution in [3.05, 3.63) is 35.9 Å². The van der Waals surface area contributed by atoms with Gasteiger partial charge >= 0.3 is 0 Å². The molecular weight excluding hydrogens is 242 g/mol. The molecule has 0 spiro atoms. The quantitative estimate of drug-likeness (QED) is 0.735. The minimum atomic E-state index is 0.443. The summed E-state index contributed by atoms with van der Waals surface area (Å²) in [5.74, 6) is 7.68. The number of benzene rings is 1. The Bertz CT molecular complexity index is 432. The fourth-order valence-corrected chi connectivity index (χ4v) is 2.76.